The summed E-state index contributed by atoms with van der Waals surface area (Å²) in [5.41, 5.74) is 0.918. The molecular formula is C14H14Cl2FNOS. The van der Waals surface area contributed by atoms with Crippen molar-refractivity contribution in [1.29, 1.82) is 0 Å². The van der Waals surface area contributed by atoms with E-state index in [2.05, 4.69) is 4.98 Å². The van der Waals surface area contributed by atoms with Crippen molar-refractivity contribution in [1.82, 2.24) is 4.98 Å². The zero-order valence-electron chi connectivity index (χ0n) is 10.7. The standard InChI is InChI=1S/C14H14Cl2FNOS/c15-8-10-9-20-13(18-10)6-1-2-7-19-14-11(16)4-3-5-12(14)17/h3-5,9H,1-2,6-8H2. The summed E-state index contributed by atoms with van der Waals surface area (Å²) in [4.78, 5) is 4.38. The molecule has 2 rings (SSSR count). The number of rotatable bonds is 7. The fourth-order valence-electron chi connectivity index (χ4n) is 1.70. The summed E-state index contributed by atoms with van der Waals surface area (Å²) >= 11 is 13.2. The van der Waals surface area contributed by atoms with E-state index in [1.165, 1.54) is 6.07 Å². The summed E-state index contributed by atoms with van der Waals surface area (Å²) < 4.78 is 18.8. The average Bonchev–Trinajstić information content (AvgIpc) is 2.89. The lowest BCUT2D eigenvalue weighted by Crippen LogP contribution is -2.00. The Kier molecular flexibility index (Phi) is 6.07. The third-order valence-corrected chi connectivity index (χ3v) is 4.22. The Hall–Kier alpha value is -0.840. The second-order valence-corrected chi connectivity index (χ2v) is 5.84. The van der Waals surface area contributed by atoms with Gasteiger partial charge >= 0.3 is 0 Å². The highest BCUT2D eigenvalue weighted by atomic mass is 35.5. The first kappa shape index (κ1) is 15.5. The fourth-order valence-corrected chi connectivity index (χ4v) is 2.98. The van der Waals surface area contributed by atoms with Crippen molar-refractivity contribution in [2.75, 3.05) is 6.61 Å². The van der Waals surface area contributed by atoms with Crippen LogP contribution >= 0.6 is 34.5 Å². The van der Waals surface area contributed by atoms with Crippen LogP contribution in [-0.2, 0) is 12.3 Å². The molecule has 2 aromatic rings. The molecule has 0 saturated carbocycles. The number of unbranched alkanes of at least 4 members (excludes halogenated alkanes) is 1. The number of thiazole rings is 1. The monoisotopic (exact) mass is 333 g/mol. The van der Waals surface area contributed by atoms with Gasteiger partial charge in [0.2, 0.25) is 0 Å². The molecule has 2 nitrogen and oxygen atoms in total. The maximum absolute atomic E-state index is 13.4. The molecular weight excluding hydrogens is 320 g/mol. The van der Waals surface area contributed by atoms with E-state index in [1.807, 2.05) is 5.38 Å². The van der Waals surface area contributed by atoms with E-state index in [0.717, 1.165) is 30.0 Å². The highest BCUT2D eigenvalue weighted by Gasteiger charge is 2.07. The van der Waals surface area contributed by atoms with Crippen molar-refractivity contribution in [3.63, 3.8) is 0 Å². The number of aromatic nitrogens is 1. The van der Waals surface area contributed by atoms with Crippen LogP contribution < -0.4 is 4.74 Å². The third kappa shape index (κ3) is 4.33. The van der Waals surface area contributed by atoms with Crippen LogP contribution in [0.4, 0.5) is 4.39 Å². The summed E-state index contributed by atoms with van der Waals surface area (Å²) in [6, 6.07) is 4.51. The van der Waals surface area contributed by atoms with Gasteiger partial charge in [-0.1, -0.05) is 17.7 Å². The molecule has 1 heterocycles. The van der Waals surface area contributed by atoms with Crippen LogP contribution in [0.5, 0.6) is 5.75 Å². The minimum Gasteiger partial charge on any atom is -0.489 e. The van der Waals surface area contributed by atoms with Gasteiger partial charge in [-0.25, -0.2) is 9.37 Å². The lowest BCUT2D eigenvalue weighted by molar-refractivity contribution is 0.292. The van der Waals surface area contributed by atoms with E-state index in [0.29, 0.717) is 17.5 Å². The Morgan fingerprint density at radius 2 is 2.15 bits per heavy atom. The van der Waals surface area contributed by atoms with Crippen LogP contribution in [0, 0.1) is 5.82 Å². The highest BCUT2D eigenvalue weighted by Crippen LogP contribution is 2.27. The van der Waals surface area contributed by atoms with Crippen molar-refractivity contribution in [2.45, 2.75) is 25.1 Å². The number of ether oxygens (including phenoxy) is 1. The van der Waals surface area contributed by atoms with Gasteiger partial charge in [0.05, 0.1) is 28.2 Å². The smallest absolute Gasteiger partial charge is 0.173 e. The topological polar surface area (TPSA) is 22.1 Å². The Balaban J connectivity index is 1.71. The summed E-state index contributed by atoms with van der Waals surface area (Å²) in [7, 11) is 0. The van der Waals surface area contributed by atoms with Crippen molar-refractivity contribution in [3.8, 4) is 5.75 Å². The van der Waals surface area contributed by atoms with Gasteiger partial charge in [-0.3, -0.25) is 0 Å². The third-order valence-electron chi connectivity index (χ3n) is 2.69. The normalized spacial score (nSPS) is 10.8. The second kappa shape index (κ2) is 7.81. The molecule has 0 unspecified atom stereocenters. The summed E-state index contributed by atoms with van der Waals surface area (Å²) in [6.45, 7) is 0.439. The molecule has 0 aliphatic rings. The molecule has 0 aliphatic heterocycles. The Morgan fingerprint density at radius 1 is 1.30 bits per heavy atom. The zero-order chi connectivity index (χ0) is 14.4. The quantitative estimate of drug-likeness (QED) is 0.521. The summed E-state index contributed by atoms with van der Waals surface area (Å²) in [5, 5.41) is 3.35. The van der Waals surface area contributed by atoms with Gasteiger partial charge in [-0.2, -0.15) is 0 Å². The van der Waals surface area contributed by atoms with Gasteiger partial charge in [0.15, 0.2) is 11.6 Å². The molecule has 20 heavy (non-hydrogen) atoms. The van der Waals surface area contributed by atoms with Crippen LogP contribution in [0.25, 0.3) is 0 Å². The Labute approximate surface area is 131 Å². The summed E-state index contributed by atoms with van der Waals surface area (Å²) in [6.07, 6.45) is 2.64. The molecule has 0 spiro atoms. The van der Waals surface area contributed by atoms with E-state index < -0.39 is 5.82 Å². The number of nitrogens with zero attached hydrogens (tertiary/aromatic N) is 1. The zero-order valence-corrected chi connectivity index (χ0v) is 13.1. The Morgan fingerprint density at radius 3 is 2.85 bits per heavy atom. The number of benzene rings is 1. The molecule has 0 radical (unpaired) electrons. The molecule has 0 aliphatic carbocycles. The van der Waals surface area contributed by atoms with E-state index in [1.54, 1.807) is 23.5 Å². The number of hydrogen-bond donors (Lipinski definition) is 0. The van der Waals surface area contributed by atoms with E-state index in [-0.39, 0.29) is 5.75 Å². The SMILES string of the molecule is Fc1cccc(Cl)c1OCCCCc1nc(CCl)cs1. The molecule has 1 aromatic carbocycles. The van der Waals surface area contributed by atoms with Gasteiger partial charge in [0, 0.05) is 5.38 Å². The number of halogens is 3. The maximum Gasteiger partial charge on any atom is 0.173 e. The van der Waals surface area contributed by atoms with Gasteiger partial charge in [0.1, 0.15) is 0 Å². The van der Waals surface area contributed by atoms with Crippen molar-refractivity contribution >= 4 is 34.5 Å². The lowest BCUT2D eigenvalue weighted by Gasteiger charge is -2.08. The number of alkyl halides is 1. The van der Waals surface area contributed by atoms with Gasteiger partial charge in [-0.05, 0) is 31.4 Å². The largest absolute Gasteiger partial charge is 0.489 e. The molecule has 108 valence electrons. The van der Waals surface area contributed by atoms with Gasteiger partial charge in [0.25, 0.3) is 0 Å². The molecule has 0 N–H and O–H groups in total. The van der Waals surface area contributed by atoms with Crippen LogP contribution in [0.1, 0.15) is 23.5 Å². The number of hydrogen-bond acceptors (Lipinski definition) is 3. The average molecular weight is 334 g/mol. The van der Waals surface area contributed by atoms with E-state index >= 15 is 0 Å². The van der Waals surface area contributed by atoms with E-state index in [9.17, 15) is 4.39 Å². The second-order valence-electron chi connectivity index (χ2n) is 4.22. The molecule has 1 aromatic heterocycles. The lowest BCUT2D eigenvalue weighted by atomic mass is 10.2. The first-order valence-electron chi connectivity index (χ1n) is 6.26. The molecule has 0 atom stereocenters. The minimum atomic E-state index is -0.427. The molecule has 0 bridgehead atoms. The highest BCUT2D eigenvalue weighted by molar-refractivity contribution is 7.09. The molecule has 6 heteroatoms. The molecule has 0 fully saturated rings. The predicted molar refractivity (Wildman–Crippen MR) is 81.5 cm³/mol. The summed E-state index contributed by atoms with van der Waals surface area (Å²) in [5.74, 6) is 0.155. The van der Waals surface area contributed by atoms with Crippen LogP contribution in [0.2, 0.25) is 5.02 Å². The Bertz CT molecular complexity index is 542. The van der Waals surface area contributed by atoms with Crippen LogP contribution in [0.15, 0.2) is 23.6 Å². The van der Waals surface area contributed by atoms with E-state index in [4.69, 9.17) is 27.9 Å². The maximum atomic E-state index is 13.4. The van der Waals surface area contributed by atoms with Gasteiger partial charge in [-0.15, -0.1) is 22.9 Å². The molecule has 0 saturated heterocycles. The van der Waals surface area contributed by atoms with Crippen LogP contribution in [0.3, 0.4) is 0 Å². The molecule has 0 amide bonds. The number of para-hydroxylation sites is 1. The van der Waals surface area contributed by atoms with Crippen molar-refractivity contribution in [2.24, 2.45) is 0 Å². The van der Waals surface area contributed by atoms with Crippen molar-refractivity contribution < 1.29 is 9.13 Å². The van der Waals surface area contributed by atoms with Gasteiger partial charge < -0.3 is 4.74 Å². The predicted octanol–water partition coefficient (Wildman–Crippen LogP) is 5.08. The fraction of sp³-hybridized carbons (Fsp3) is 0.357. The number of aryl methyl sites for hydroxylation is 1. The van der Waals surface area contributed by atoms with Crippen molar-refractivity contribution in [3.05, 3.63) is 45.1 Å². The first-order chi connectivity index (χ1) is 9.70. The minimum absolute atomic E-state index is 0.132. The van der Waals surface area contributed by atoms with Crippen LogP contribution in [-0.4, -0.2) is 11.6 Å². The first-order valence-corrected chi connectivity index (χ1v) is 8.06.